The predicted molar refractivity (Wildman–Crippen MR) is 82.2 cm³/mol. The van der Waals surface area contributed by atoms with Crippen molar-refractivity contribution in [2.45, 2.75) is 25.9 Å². The molecule has 0 aliphatic carbocycles. The molecule has 5 nitrogen and oxygen atoms in total. The summed E-state index contributed by atoms with van der Waals surface area (Å²) in [6, 6.07) is 10.1. The molecular formula is C17H21NO4. The fraction of sp³-hybridized carbons (Fsp3) is 0.412. The van der Waals surface area contributed by atoms with E-state index in [0.717, 1.165) is 28.6 Å². The van der Waals surface area contributed by atoms with Gasteiger partial charge in [-0.25, -0.2) is 0 Å². The van der Waals surface area contributed by atoms with Gasteiger partial charge in [0.05, 0.1) is 12.6 Å². The Balaban J connectivity index is 1.74. The van der Waals surface area contributed by atoms with Crippen LogP contribution in [0, 0.1) is 6.92 Å². The van der Waals surface area contributed by atoms with E-state index in [9.17, 15) is 0 Å². The second-order valence-corrected chi connectivity index (χ2v) is 5.46. The highest BCUT2D eigenvalue weighted by atomic mass is 16.7. The summed E-state index contributed by atoms with van der Waals surface area (Å²) in [7, 11) is 1.69. The minimum Gasteiger partial charge on any atom is -0.465 e. The number of aryl methyl sites for hydroxylation is 1. The highest BCUT2D eigenvalue weighted by molar-refractivity contribution is 5.45. The van der Waals surface area contributed by atoms with Crippen LogP contribution < -0.4 is 14.8 Å². The van der Waals surface area contributed by atoms with Crippen LogP contribution in [0.4, 0.5) is 0 Å². The summed E-state index contributed by atoms with van der Waals surface area (Å²) in [4.78, 5) is 0. The number of nitrogens with one attached hydrogen (secondary N) is 1. The molecule has 1 aliphatic rings. The van der Waals surface area contributed by atoms with E-state index in [1.807, 2.05) is 37.3 Å². The lowest BCUT2D eigenvalue weighted by Gasteiger charge is -2.22. The van der Waals surface area contributed by atoms with Crippen LogP contribution in [0.2, 0.25) is 0 Å². The number of ether oxygens (including phenoxy) is 3. The number of methoxy groups -OCH3 is 1. The van der Waals surface area contributed by atoms with Crippen molar-refractivity contribution in [3.05, 3.63) is 47.4 Å². The molecule has 22 heavy (non-hydrogen) atoms. The summed E-state index contributed by atoms with van der Waals surface area (Å²) in [5.41, 5.74) is 1.13. The lowest BCUT2D eigenvalue weighted by atomic mass is 10.1. The SMILES string of the molecule is COC[C@H](N[C@@H](C)c1ccc2c(c1)OCO2)c1ccc(C)o1. The van der Waals surface area contributed by atoms with Gasteiger partial charge in [0.1, 0.15) is 11.5 Å². The molecule has 3 rings (SSSR count). The number of hydrogen-bond donors (Lipinski definition) is 1. The molecule has 0 saturated heterocycles. The third-order valence-corrected chi connectivity index (χ3v) is 3.79. The molecular weight excluding hydrogens is 282 g/mol. The first-order valence-corrected chi connectivity index (χ1v) is 7.38. The largest absolute Gasteiger partial charge is 0.465 e. The monoisotopic (exact) mass is 303 g/mol. The van der Waals surface area contributed by atoms with Gasteiger partial charge in [-0.1, -0.05) is 6.07 Å². The summed E-state index contributed by atoms with van der Waals surface area (Å²) >= 11 is 0. The number of benzene rings is 1. The van der Waals surface area contributed by atoms with Crippen molar-refractivity contribution < 1.29 is 18.6 Å². The number of furan rings is 1. The van der Waals surface area contributed by atoms with Gasteiger partial charge in [-0.15, -0.1) is 0 Å². The fourth-order valence-electron chi connectivity index (χ4n) is 2.60. The van der Waals surface area contributed by atoms with Gasteiger partial charge in [0.2, 0.25) is 6.79 Å². The third kappa shape index (κ3) is 3.10. The highest BCUT2D eigenvalue weighted by Crippen LogP contribution is 2.34. The van der Waals surface area contributed by atoms with Crippen LogP contribution in [0.15, 0.2) is 34.7 Å². The molecule has 0 unspecified atom stereocenters. The van der Waals surface area contributed by atoms with Crippen molar-refractivity contribution >= 4 is 0 Å². The van der Waals surface area contributed by atoms with Crippen molar-refractivity contribution in [1.82, 2.24) is 5.32 Å². The summed E-state index contributed by atoms with van der Waals surface area (Å²) in [6.45, 7) is 4.88. The summed E-state index contributed by atoms with van der Waals surface area (Å²) in [5.74, 6) is 3.37. The quantitative estimate of drug-likeness (QED) is 0.887. The minimum absolute atomic E-state index is 0.000812. The van der Waals surface area contributed by atoms with Gasteiger partial charge < -0.3 is 18.6 Å². The predicted octanol–water partition coefficient (Wildman–Crippen LogP) is 3.36. The molecule has 2 heterocycles. The van der Waals surface area contributed by atoms with E-state index in [1.54, 1.807) is 7.11 Å². The van der Waals surface area contributed by atoms with Crippen molar-refractivity contribution in [1.29, 1.82) is 0 Å². The molecule has 0 radical (unpaired) electrons. The van der Waals surface area contributed by atoms with Crippen molar-refractivity contribution in [2.24, 2.45) is 0 Å². The molecule has 1 aromatic carbocycles. The maximum Gasteiger partial charge on any atom is 0.231 e. The Kier molecular flexibility index (Phi) is 4.36. The lowest BCUT2D eigenvalue weighted by Crippen LogP contribution is -2.27. The number of hydrogen-bond acceptors (Lipinski definition) is 5. The summed E-state index contributed by atoms with van der Waals surface area (Å²) < 4.78 is 21.8. The Morgan fingerprint density at radius 2 is 2.00 bits per heavy atom. The van der Waals surface area contributed by atoms with Crippen LogP contribution in [0.5, 0.6) is 11.5 Å². The highest BCUT2D eigenvalue weighted by Gasteiger charge is 2.20. The van der Waals surface area contributed by atoms with E-state index in [0.29, 0.717) is 13.4 Å². The lowest BCUT2D eigenvalue weighted by molar-refractivity contribution is 0.151. The number of rotatable bonds is 6. The first-order valence-electron chi connectivity index (χ1n) is 7.38. The zero-order valence-corrected chi connectivity index (χ0v) is 13.1. The van der Waals surface area contributed by atoms with Gasteiger partial charge in [0, 0.05) is 13.2 Å². The second kappa shape index (κ2) is 6.42. The minimum atomic E-state index is -0.000812. The van der Waals surface area contributed by atoms with Crippen molar-refractivity contribution in [2.75, 3.05) is 20.5 Å². The third-order valence-electron chi connectivity index (χ3n) is 3.79. The Bertz CT molecular complexity index is 637. The van der Waals surface area contributed by atoms with E-state index in [4.69, 9.17) is 18.6 Å². The van der Waals surface area contributed by atoms with Gasteiger partial charge in [-0.3, -0.25) is 5.32 Å². The molecule has 118 valence electrons. The summed E-state index contributed by atoms with van der Waals surface area (Å²) in [5, 5.41) is 3.54. The van der Waals surface area contributed by atoms with E-state index in [1.165, 1.54) is 0 Å². The zero-order chi connectivity index (χ0) is 15.5. The van der Waals surface area contributed by atoms with Gasteiger partial charge in [0.25, 0.3) is 0 Å². The molecule has 2 atom stereocenters. The maximum atomic E-state index is 5.72. The smallest absolute Gasteiger partial charge is 0.231 e. The topological polar surface area (TPSA) is 52.9 Å². The van der Waals surface area contributed by atoms with Gasteiger partial charge >= 0.3 is 0 Å². The average Bonchev–Trinajstić information content (AvgIpc) is 3.14. The number of fused-ring (bicyclic) bond motifs is 1. The Morgan fingerprint density at radius 1 is 1.18 bits per heavy atom. The van der Waals surface area contributed by atoms with Crippen LogP contribution in [0.25, 0.3) is 0 Å². The average molecular weight is 303 g/mol. The van der Waals surface area contributed by atoms with Gasteiger partial charge in [-0.05, 0) is 43.7 Å². The van der Waals surface area contributed by atoms with Crippen LogP contribution in [0.3, 0.4) is 0 Å². The van der Waals surface area contributed by atoms with Crippen LogP contribution in [-0.4, -0.2) is 20.5 Å². The Hall–Kier alpha value is -1.98. The normalized spacial score (nSPS) is 15.8. The summed E-state index contributed by atoms with van der Waals surface area (Å²) in [6.07, 6.45) is 0. The zero-order valence-electron chi connectivity index (χ0n) is 13.1. The first-order chi connectivity index (χ1) is 10.7. The second-order valence-electron chi connectivity index (χ2n) is 5.46. The molecule has 0 bridgehead atoms. The molecule has 1 N–H and O–H groups in total. The molecule has 1 aromatic heterocycles. The van der Waals surface area contributed by atoms with Crippen LogP contribution in [0.1, 0.15) is 36.1 Å². The molecule has 0 amide bonds. The van der Waals surface area contributed by atoms with Crippen molar-refractivity contribution in [3.8, 4) is 11.5 Å². The van der Waals surface area contributed by atoms with E-state index in [2.05, 4.69) is 12.2 Å². The molecule has 1 aliphatic heterocycles. The molecule has 0 spiro atoms. The molecule has 5 heteroatoms. The van der Waals surface area contributed by atoms with Gasteiger partial charge in [-0.2, -0.15) is 0 Å². The van der Waals surface area contributed by atoms with Crippen LogP contribution >= 0.6 is 0 Å². The van der Waals surface area contributed by atoms with Crippen LogP contribution in [-0.2, 0) is 4.74 Å². The molecule has 2 aromatic rings. The van der Waals surface area contributed by atoms with Crippen molar-refractivity contribution in [3.63, 3.8) is 0 Å². The van der Waals surface area contributed by atoms with Gasteiger partial charge in [0.15, 0.2) is 11.5 Å². The maximum absolute atomic E-state index is 5.72. The Morgan fingerprint density at radius 3 is 2.73 bits per heavy atom. The first kappa shape index (κ1) is 14.9. The van der Waals surface area contributed by atoms with E-state index in [-0.39, 0.29) is 12.1 Å². The van der Waals surface area contributed by atoms with E-state index < -0.39 is 0 Å². The Labute approximate surface area is 130 Å². The standard InChI is InChI=1S/C17H21NO4/c1-11-4-6-15(22-11)14(9-19-3)18-12(2)13-5-7-16-17(8-13)21-10-20-16/h4-8,12,14,18H,9-10H2,1-3H3/t12-,14-/m0/s1. The van der Waals surface area contributed by atoms with E-state index >= 15 is 0 Å². The molecule has 0 fully saturated rings. The fourth-order valence-corrected chi connectivity index (χ4v) is 2.60. The molecule has 0 saturated carbocycles.